The predicted octanol–water partition coefficient (Wildman–Crippen LogP) is 4.16. The van der Waals surface area contributed by atoms with Crippen molar-refractivity contribution in [3.05, 3.63) is 34.9 Å². The van der Waals surface area contributed by atoms with Gasteiger partial charge in [0.25, 0.3) is 0 Å². The highest BCUT2D eigenvalue weighted by molar-refractivity contribution is 8.00. The fraction of sp³-hybridized carbons (Fsp3) is 0.438. The number of halogens is 1. The van der Waals surface area contributed by atoms with Crippen molar-refractivity contribution < 1.29 is 9.90 Å². The van der Waals surface area contributed by atoms with Crippen molar-refractivity contribution in [2.24, 2.45) is 0 Å². The van der Waals surface area contributed by atoms with Crippen molar-refractivity contribution in [2.75, 3.05) is 23.7 Å². The predicted molar refractivity (Wildman–Crippen MR) is 91.5 cm³/mol. The Bertz CT molecular complexity index is 557. The maximum absolute atomic E-state index is 10.7. The van der Waals surface area contributed by atoms with Gasteiger partial charge in [-0.1, -0.05) is 31.5 Å². The van der Waals surface area contributed by atoms with Gasteiger partial charge in [-0.05, 0) is 30.2 Å². The minimum Gasteiger partial charge on any atom is -0.478 e. The molecule has 0 spiro atoms. The summed E-state index contributed by atoms with van der Waals surface area (Å²) in [6, 6.07) is 5.59. The minimum atomic E-state index is -0.941. The molecule has 1 fully saturated rings. The lowest BCUT2D eigenvalue weighted by Gasteiger charge is -2.26. The first-order valence-electron chi connectivity index (χ1n) is 6.97. The molecule has 1 aliphatic rings. The van der Waals surface area contributed by atoms with Gasteiger partial charge in [-0.15, -0.1) is 0 Å². The molecule has 0 aliphatic carbocycles. The highest BCUT2D eigenvalue weighted by Crippen LogP contribution is 2.34. The fourth-order valence-corrected chi connectivity index (χ4v) is 3.62. The summed E-state index contributed by atoms with van der Waals surface area (Å²) < 4.78 is 0.282. The molecular formula is C16H20ClNO2S. The quantitative estimate of drug-likeness (QED) is 0.847. The topological polar surface area (TPSA) is 40.5 Å². The number of thioether (sulfide) groups is 1. The van der Waals surface area contributed by atoms with Gasteiger partial charge in [0.15, 0.2) is 0 Å². The van der Waals surface area contributed by atoms with E-state index in [1.165, 1.54) is 6.08 Å². The number of anilines is 1. The third-order valence-electron chi connectivity index (χ3n) is 3.58. The van der Waals surface area contributed by atoms with Crippen LogP contribution in [0.3, 0.4) is 0 Å². The van der Waals surface area contributed by atoms with E-state index in [1.54, 1.807) is 12.1 Å². The number of nitrogens with zero attached hydrogens (tertiary/aromatic N) is 1. The van der Waals surface area contributed by atoms with Gasteiger partial charge < -0.3 is 10.0 Å². The zero-order valence-electron chi connectivity index (χ0n) is 12.3. The third kappa shape index (κ3) is 4.68. The molecular weight excluding hydrogens is 306 g/mol. The lowest BCUT2D eigenvalue weighted by atomic mass is 10.1. The maximum atomic E-state index is 10.7. The average molecular weight is 326 g/mol. The van der Waals surface area contributed by atoms with Crippen molar-refractivity contribution in [2.45, 2.75) is 25.0 Å². The van der Waals surface area contributed by atoms with Gasteiger partial charge in [-0.3, -0.25) is 0 Å². The van der Waals surface area contributed by atoms with E-state index in [0.717, 1.165) is 36.5 Å². The van der Waals surface area contributed by atoms with Crippen molar-refractivity contribution in [3.63, 3.8) is 0 Å². The van der Waals surface area contributed by atoms with Gasteiger partial charge in [0.05, 0.1) is 0 Å². The van der Waals surface area contributed by atoms with Gasteiger partial charge >= 0.3 is 5.97 Å². The first-order valence-corrected chi connectivity index (χ1v) is 8.33. The second kappa shape index (κ2) is 6.75. The second-order valence-electron chi connectivity index (χ2n) is 5.72. The summed E-state index contributed by atoms with van der Waals surface area (Å²) in [7, 11) is 0. The molecule has 114 valence electrons. The molecule has 0 unspecified atom stereocenters. The first kappa shape index (κ1) is 16.2. The Labute approximate surface area is 135 Å². The van der Waals surface area contributed by atoms with Crippen LogP contribution in [0.2, 0.25) is 5.02 Å². The smallest absolute Gasteiger partial charge is 0.328 e. The van der Waals surface area contributed by atoms with E-state index in [2.05, 4.69) is 18.7 Å². The highest BCUT2D eigenvalue weighted by Gasteiger charge is 2.24. The van der Waals surface area contributed by atoms with Crippen LogP contribution in [0.15, 0.2) is 24.3 Å². The number of benzene rings is 1. The average Bonchev–Trinajstić information content (AvgIpc) is 2.58. The molecule has 0 saturated carbocycles. The number of carboxylic acid groups (broad SMARTS) is 1. The molecule has 0 amide bonds. The summed E-state index contributed by atoms with van der Waals surface area (Å²) in [6.45, 7) is 6.44. The van der Waals surface area contributed by atoms with Crippen LogP contribution in [0.25, 0.3) is 6.08 Å². The molecule has 2 rings (SSSR count). The molecule has 0 bridgehead atoms. The molecule has 1 saturated heterocycles. The summed E-state index contributed by atoms with van der Waals surface area (Å²) in [5.41, 5.74) is 1.91. The van der Waals surface area contributed by atoms with Crippen LogP contribution >= 0.6 is 23.4 Å². The minimum absolute atomic E-state index is 0.282. The normalized spacial score (nSPS) is 18.7. The van der Waals surface area contributed by atoms with E-state index in [0.29, 0.717) is 5.02 Å². The number of carboxylic acids is 1. The van der Waals surface area contributed by atoms with E-state index >= 15 is 0 Å². The fourth-order valence-electron chi connectivity index (χ4n) is 2.35. The van der Waals surface area contributed by atoms with Crippen LogP contribution in [0.5, 0.6) is 0 Å². The van der Waals surface area contributed by atoms with Crippen LogP contribution in [-0.2, 0) is 4.79 Å². The standard InChI is InChI=1S/C16H20ClNO2S/c1-16(2)7-8-18(9-10-21-16)14-11-13(17)5-3-12(14)4-6-15(19)20/h3-6,11H,7-10H2,1-2H3,(H,19,20)/b6-4+. The number of carbonyl (C=O) groups is 1. The van der Waals surface area contributed by atoms with Crippen LogP contribution in [-0.4, -0.2) is 34.7 Å². The van der Waals surface area contributed by atoms with Crippen molar-refractivity contribution >= 4 is 41.1 Å². The lowest BCUT2D eigenvalue weighted by molar-refractivity contribution is -0.131. The maximum Gasteiger partial charge on any atom is 0.328 e. The molecule has 1 aromatic carbocycles. The summed E-state index contributed by atoms with van der Waals surface area (Å²) in [5, 5.41) is 9.49. The van der Waals surface area contributed by atoms with Crippen molar-refractivity contribution in [1.29, 1.82) is 0 Å². The summed E-state index contributed by atoms with van der Waals surface area (Å²) >= 11 is 8.10. The zero-order valence-corrected chi connectivity index (χ0v) is 13.9. The Kier molecular flexibility index (Phi) is 5.22. The number of rotatable bonds is 3. The monoisotopic (exact) mass is 325 g/mol. The molecule has 1 aliphatic heterocycles. The summed E-state index contributed by atoms with van der Waals surface area (Å²) in [5.74, 6) is 0.116. The van der Waals surface area contributed by atoms with Gasteiger partial charge in [0, 0.05) is 40.4 Å². The van der Waals surface area contributed by atoms with Gasteiger partial charge in [0.2, 0.25) is 0 Å². The highest BCUT2D eigenvalue weighted by atomic mass is 35.5. The SMILES string of the molecule is CC1(C)CCN(c2cc(Cl)ccc2/C=C/C(=O)O)CCS1. The largest absolute Gasteiger partial charge is 0.478 e. The van der Waals surface area contributed by atoms with Crippen LogP contribution in [0, 0.1) is 0 Å². The second-order valence-corrected chi connectivity index (χ2v) is 7.96. The first-order chi connectivity index (χ1) is 9.87. The zero-order chi connectivity index (χ0) is 15.5. The molecule has 1 heterocycles. The molecule has 0 aromatic heterocycles. The number of aliphatic carboxylic acids is 1. The van der Waals surface area contributed by atoms with Crippen molar-refractivity contribution in [3.8, 4) is 0 Å². The van der Waals surface area contributed by atoms with Crippen LogP contribution < -0.4 is 4.90 Å². The van der Waals surface area contributed by atoms with Crippen molar-refractivity contribution in [1.82, 2.24) is 0 Å². The molecule has 3 nitrogen and oxygen atoms in total. The van der Waals surface area contributed by atoms with E-state index < -0.39 is 5.97 Å². The summed E-state index contributed by atoms with van der Waals surface area (Å²) in [4.78, 5) is 13.0. The van der Waals surface area contributed by atoms with E-state index in [9.17, 15) is 4.79 Å². The summed E-state index contributed by atoms with van der Waals surface area (Å²) in [6.07, 6.45) is 3.90. The Hall–Kier alpha value is -1.13. The molecule has 0 atom stereocenters. The van der Waals surface area contributed by atoms with Crippen LogP contribution in [0.1, 0.15) is 25.8 Å². The number of hydrogen-bond acceptors (Lipinski definition) is 3. The molecule has 1 aromatic rings. The Morgan fingerprint density at radius 1 is 1.43 bits per heavy atom. The Morgan fingerprint density at radius 2 is 2.19 bits per heavy atom. The Morgan fingerprint density at radius 3 is 2.90 bits per heavy atom. The van der Waals surface area contributed by atoms with Gasteiger partial charge in [0.1, 0.15) is 0 Å². The van der Waals surface area contributed by atoms with Gasteiger partial charge in [-0.25, -0.2) is 4.79 Å². The molecule has 21 heavy (non-hydrogen) atoms. The van der Waals surface area contributed by atoms with E-state index in [4.69, 9.17) is 16.7 Å². The molecule has 0 radical (unpaired) electrons. The molecule has 5 heteroatoms. The Balaban J connectivity index is 2.29. The van der Waals surface area contributed by atoms with E-state index in [1.807, 2.05) is 23.9 Å². The van der Waals surface area contributed by atoms with Gasteiger partial charge in [-0.2, -0.15) is 11.8 Å². The van der Waals surface area contributed by atoms with E-state index in [-0.39, 0.29) is 4.75 Å². The number of hydrogen-bond donors (Lipinski definition) is 1. The third-order valence-corrected chi connectivity index (χ3v) is 5.18. The molecule has 1 N–H and O–H groups in total. The lowest BCUT2D eigenvalue weighted by Crippen LogP contribution is -2.27. The van der Waals surface area contributed by atoms with Crippen LogP contribution in [0.4, 0.5) is 5.69 Å².